The van der Waals surface area contributed by atoms with Gasteiger partial charge in [0.2, 0.25) is 5.91 Å². The van der Waals surface area contributed by atoms with Gasteiger partial charge in [-0.2, -0.15) is 11.8 Å². The molecule has 4 rings (SSSR count). The van der Waals surface area contributed by atoms with Crippen LogP contribution >= 0.6 is 35.7 Å². The van der Waals surface area contributed by atoms with E-state index in [0.717, 1.165) is 79.1 Å². The van der Waals surface area contributed by atoms with Gasteiger partial charge in [0, 0.05) is 67.2 Å². The number of fused-ring (bicyclic) bond motifs is 1. The Morgan fingerprint density at radius 2 is 2.00 bits per heavy atom. The van der Waals surface area contributed by atoms with Gasteiger partial charge < -0.3 is 20.5 Å². The Morgan fingerprint density at radius 1 is 1.25 bits per heavy atom. The number of rotatable bonds is 5. The van der Waals surface area contributed by atoms with E-state index >= 15 is 0 Å². The minimum absolute atomic E-state index is 0. The summed E-state index contributed by atoms with van der Waals surface area (Å²) in [5.74, 6) is 3.24. The van der Waals surface area contributed by atoms with Crippen molar-refractivity contribution in [3.8, 4) is 0 Å². The van der Waals surface area contributed by atoms with Gasteiger partial charge in [0.25, 0.3) is 0 Å². The molecule has 6 nitrogen and oxygen atoms in total. The van der Waals surface area contributed by atoms with Gasteiger partial charge in [-0.3, -0.25) is 9.79 Å². The molecule has 0 unspecified atom stereocenters. The van der Waals surface area contributed by atoms with Crippen LogP contribution in [0.5, 0.6) is 0 Å². The van der Waals surface area contributed by atoms with Gasteiger partial charge in [-0.25, -0.2) is 4.39 Å². The lowest BCUT2D eigenvalue weighted by molar-refractivity contribution is -0.136. The molecule has 2 fully saturated rings. The Morgan fingerprint density at radius 3 is 2.72 bits per heavy atom. The molecule has 3 N–H and O–H groups in total. The monoisotopic (exact) mass is 573 g/mol. The number of halogens is 2. The number of aromatic amines is 1. The molecule has 32 heavy (non-hydrogen) atoms. The van der Waals surface area contributed by atoms with Gasteiger partial charge >= 0.3 is 0 Å². The lowest BCUT2D eigenvalue weighted by Gasteiger charge is -2.34. The Kier molecular flexibility index (Phi) is 9.51. The number of guanidine groups is 1. The Bertz CT molecular complexity index is 922. The smallest absolute Gasteiger partial charge is 0.225 e. The summed E-state index contributed by atoms with van der Waals surface area (Å²) in [6.45, 7) is 2.52. The molecule has 176 valence electrons. The maximum absolute atomic E-state index is 13.6. The van der Waals surface area contributed by atoms with Crippen molar-refractivity contribution in [1.82, 2.24) is 20.5 Å². The first-order valence-corrected chi connectivity index (χ1v) is 12.4. The molecular formula is C23H33FIN5OS. The summed E-state index contributed by atoms with van der Waals surface area (Å²) in [6.07, 6.45) is 6.58. The Labute approximate surface area is 210 Å². The van der Waals surface area contributed by atoms with Crippen molar-refractivity contribution in [1.29, 1.82) is 0 Å². The predicted octanol–water partition coefficient (Wildman–Crippen LogP) is 3.77. The number of benzene rings is 1. The van der Waals surface area contributed by atoms with E-state index in [4.69, 9.17) is 0 Å². The molecule has 0 spiro atoms. The van der Waals surface area contributed by atoms with Crippen LogP contribution in [0.25, 0.3) is 10.9 Å². The van der Waals surface area contributed by atoms with Gasteiger partial charge in [-0.15, -0.1) is 24.0 Å². The average molecular weight is 574 g/mol. The molecule has 0 radical (unpaired) electrons. The average Bonchev–Trinajstić information content (AvgIpc) is 3.21. The van der Waals surface area contributed by atoms with Gasteiger partial charge in [0.05, 0.1) is 0 Å². The zero-order valence-corrected chi connectivity index (χ0v) is 21.7. The van der Waals surface area contributed by atoms with Crippen LogP contribution in [0.15, 0.2) is 29.4 Å². The van der Waals surface area contributed by atoms with Crippen molar-refractivity contribution in [2.45, 2.75) is 38.1 Å². The second-order valence-electron chi connectivity index (χ2n) is 8.38. The first kappa shape index (κ1) is 25.1. The molecule has 1 aliphatic heterocycles. The van der Waals surface area contributed by atoms with E-state index in [2.05, 4.69) is 25.5 Å². The molecule has 2 heterocycles. The number of hydrogen-bond donors (Lipinski definition) is 3. The van der Waals surface area contributed by atoms with Gasteiger partial charge in [-0.1, -0.05) is 0 Å². The van der Waals surface area contributed by atoms with E-state index in [1.165, 1.54) is 6.07 Å². The molecule has 1 aromatic carbocycles. The minimum atomic E-state index is -0.216. The van der Waals surface area contributed by atoms with Crippen molar-refractivity contribution in [3.05, 3.63) is 35.8 Å². The van der Waals surface area contributed by atoms with E-state index in [9.17, 15) is 9.18 Å². The summed E-state index contributed by atoms with van der Waals surface area (Å²) in [5, 5.41) is 7.82. The Balaban J connectivity index is 0.00000289. The third-order valence-corrected chi connectivity index (χ3v) is 7.32. The van der Waals surface area contributed by atoms with E-state index < -0.39 is 0 Å². The molecule has 1 amide bonds. The molecule has 2 aromatic rings. The third kappa shape index (κ3) is 6.30. The number of thioether (sulfide) groups is 1. The number of hydrogen-bond acceptors (Lipinski definition) is 3. The first-order valence-electron chi connectivity index (χ1n) is 11.2. The number of carbonyl (C=O) groups excluding carboxylic acids is 1. The van der Waals surface area contributed by atoms with Crippen LogP contribution in [0.1, 0.15) is 31.2 Å². The summed E-state index contributed by atoms with van der Waals surface area (Å²) in [7, 11) is 1.78. The zero-order chi connectivity index (χ0) is 21.6. The summed E-state index contributed by atoms with van der Waals surface area (Å²) in [5.41, 5.74) is 2.04. The molecule has 1 aliphatic carbocycles. The number of nitrogens with zero attached hydrogens (tertiary/aromatic N) is 2. The van der Waals surface area contributed by atoms with Crippen molar-refractivity contribution in [2.75, 3.05) is 38.2 Å². The number of amides is 1. The van der Waals surface area contributed by atoms with Crippen molar-refractivity contribution in [2.24, 2.45) is 10.9 Å². The fourth-order valence-electron chi connectivity index (χ4n) is 4.59. The van der Waals surface area contributed by atoms with Gasteiger partial charge in [0.1, 0.15) is 5.82 Å². The van der Waals surface area contributed by atoms with Crippen LogP contribution in [0, 0.1) is 11.7 Å². The molecular weight excluding hydrogens is 540 g/mol. The van der Waals surface area contributed by atoms with E-state index in [0.29, 0.717) is 18.5 Å². The number of nitrogens with one attached hydrogen (secondary N) is 3. The minimum Gasteiger partial charge on any atom is -0.361 e. The second-order valence-corrected chi connectivity index (χ2v) is 9.61. The van der Waals surface area contributed by atoms with Crippen molar-refractivity contribution in [3.63, 3.8) is 0 Å². The van der Waals surface area contributed by atoms with Crippen LogP contribution in [-0.4, -0.2) is 66.0 Å². The summed E-state index contributed by atoms with van der Waals surface area (Å²) in [6, 6.07) is 5.17. The first-order chi connectivity index (χ1) is 15.1. The standard InChI is InChI=1S/C23H32FN5OS.HI/c1-25-23(26-9-8-17-15-27-21-7-4-18(24)14-20(17)21)28-19-5-2-16(3-6-19)22(30)29-10-12-31-13-11-29;/h4,7,14-16,19,27H,2-3,5-6,8-13H2,1H3,(H2,25,26,28);1H. The molecule has 1 saturated heterocycles. The van der Waals surface area contributed by atoms with E-state index in [1.807, 2.05) is 18.0 Å². The van der Waals surface area contributed by atoms with Gasteiger partial charge in [-0.05, 0) is 55.9 Å². The topological polar surface area (TPSA) is 72.5 Å². The molecule has 1 aromatic heterocycles. The van der Waals surface area contributed by atoms with Crippen LogP contribution in [0.3, 0.4) is 0 Å². The maximum atomic E-state index is 13.6. The second kappa shape index (κ2) is 12.1. The summed E-state index contributed by atoms with van der Waals surface area (Å²) < 4.78 is 13.6. The number of aromatic nitrogens is 1. The highest BCUT2D eigenvalue weighted by Gasteiger charge is 2.30. The quantitative estimate of drug-likeness (QED) is 0.290. The fourth-order valence-corrected chi connectivity index (χ4v) is 5.49. The van der Waals surface area contributed by atoms with Crippen LogP contribution in [0.2, 0.25) is 0 Å². The SMILES string of the molecule is CN=C(NCCc1c[nH]c2ccc(F)cc12)NC1CCC(C(=O)N2CCSCC2)CC1.I. The van der Waals surface area contributed by atoms with Crippen molar-refractivity contribution < 1.29 is 9.18 Å². The van der Waals surface area contributed by atoms with Crippen LogP contribution in [0.4, 0.5) is 4.39 Å². The zero-order valence-electron chi connectivity index (χ0n) is 18.5. The largest absolute Gasteiger partial charge is 0.361 e. The third-order valence-electron chi connectivity index (χ3n) is 6.38. The summed E-state index contributed by atoms with van der Waals surface area (Å²) in [4.78, 5) is 22.4. The molecule has 0 bridgehead atoms. The normalized spacial score (nSPS) is 21.8. The number of aliphatic imine (C=N–C) groups is 1. The van der Waals surface area contributed by atoms with Gasteiger partial charge in [0.15, 0.2) is 5.96 Å². The fraction of sp³-hybridized carbons (Fsp3) is 0.565. The molecule has 1 saturated carbocycles. The molecule has 0 atom stereocenters. The Hall–Kier alpha value is -1.49. The summed E-state index contributed by atoms with van der Waals surface area (Å²) >= 11 is 1.94. The lowest BCUT2D eigenvalue weighted by Crippen LogP contribution is -2.47. The number of H-pyrrole nitrogens is 1. The highest BCUT2D eigenvalue weighted by Crippen LogP contribution is 2.27. The predicted molar refractivity (Wildman–Crippen MR) is 142 cm³/mol. The van der Waals surface area contributed by atoms with Crippen LogP contribution < -0.4 is 10.6 Å². The lowest BCUT2D eigenvalue weighted by atomic mass is 9.85. The molecule has 2 aliphatic rings. The highest BCUT2D eigenvalue weighted by molar-refractivity contribution is 14.0. The molecule has 9 heteroatoms. The highest BCUT2D eigenvalue weighted by atomic mass is 127. The maximum Gasteiger partial charge on any atom is 0.225 e. The van der Waals surface area contributed by atoms with Crippen LogP contribution in [-0.2, 0) is 11.2 Å². The van der Waals surface area contributed by atoms with E-state index in [1.54, 1.807) is 19.2 Å². The van der Waals surface area contributed by atoms with Crippen molar-refractivity contribution >= 4 is 58.5 Å². The number of carbonyl (C=O) groups is 1. The van der Waals surface area contributed by atoms with E-state index in [-0.39, 0.29) is 35.7 Å².